The first-order valence-electron chi connectivity index (χ1n) is 6.11. The maximum atomic E-state index is 9.64. The SMILES string of the molecule is CCOC(C)COC(C)CO.O=C(O)CCC(=O)O. The molecule has 0 aromatic heterocycles. The summed E-state index contributed by atoms with van der Waals surface area (Å²) in [6, 6.07) is 0. The van der Waals surface area contributed by atoms with E-state index in [0.29, 0.717) is 13.2 Å². The predicted octanol–water partition coefficient (Wildman–Crippen LogP) is 0.745. The molecule has 0 aromatic rings. The van der Waals surface area contributed by atoms with Crippen molar-refractivity contribution in [1.29, 1.82) is 0 Å². The molecule has 114 valence electrons. The lowest BCUT2D eigenvalue weighted by Crippen LogP contribution is -2.22. The van der Waals surface area contributed by atoms with Crippen molar-refractivity contribution in [1.82, 2.24) is 0 Å². The molecule has 0 amide bonds. The van der Waals surface area contributed by atoms with Crippen molar-refractivity contribution >= 4 is 11.9 Å². The molecule has 0 rings (SSSR count). The van der Waals surface area contributed by atoms with Gasteiger partial charge in [0, 0.05) is 6.61 Å². The fourth-order valence-electron chi connectivity index (χ4n) is 0.899. The van der Waals surface area contributed by atoms with Gasteiger partial charge in [-0.3, -0.25) is 9.59 Å². The van der Waals surface area contributed by atoms with Crippen LogP contribution in [0.1, 0.15) is 33.6 Å². The van der Waals surface area contributed by atoms with E-state index in [1.54, 1.807) is 0 Å². The third-order valence-corrected chi connectivity index (χ3v) is 1.88. The minimum absolute atomic E-state index is 0.0683. The zero-order chi connectivity index (χ0) is 15.3. The lowest BCUT2D eigenvalue weighted by atomic mass is 10.3. The molecule has 7 heteroatoms. The van der Waals surface area contributed by atoms with Gasteiger partial charge in [0.2, 0.25) is 0 Å². The minimum Gasteiger partial charge on any atom is -0.481 e. The molecular formula is C12H24O7. The van der Waals surface area contributed by atoms with E-state index < -0.39 is 11.9 Å². The molecule has 0 radical (unpaired) electrons. The molecule has 0 aliphatic carbocycles. The van der Waals surface area contributed by atoms with E-state index in [-0.39, 0.29) is 31.7 Å². The monoisotopic (exact) mass is 280 g/mol. The third kappa shape index (κ3) is 19.3. The summed E-state index contributed by atoms with van der Waals surface area (Å²) >= 11 is 0. The van der Waals surface area contributed by atoms with E-state index in [9.17, 15) is 9.59 Å². The Bertz CT molecular complexity index is 228. The van der Waals surface area contributed by atoms with Crippen molar-refractivity contribution < 1.29 is 34.4 Å². The molecule has 0 heterocycles. The zero-order valence-electron chi connectivity index (χ0n) is 11.7. The van der Waals surface area contributed by atoms with Crippen molar-refractivity contribution in [3.63, 3.8) is 0 Å². The number of carbonyl (C=O) groups is 2. The smallest absolute Gasteiger partial charge is 0.303 e. The number of hydrogen-bond donors (Lipinski definition) is 3. The van der Waals surface area contributed by atoms with Crippen molar-refractivity contribution in [2.75, 3.05) is 19.8 Å². The van der Waals surface area contributed by atoms with Gasteiger partial charge in [0.05, 0.1) is 38.3 Å². The van der Waals surface area contributed by atoms with E-state index in [2.05, 4.69) is 0 Å². The topological polar surface area (TPSA) is 113 Å². The van der Waals surface area contributed by atoms with E-state index in [1.807, 2.05) is 20.8 Å². The third-order valence-electron chi connectivity index (χ3n) is 1.88. The number of carboxylic acid groups (broad SMARTS) is 2. The number of carboxylic acids is 2. The van der Waals surface area contributed by atoms with Gasteiger partial charge >= 0.3 is 11.9 Å². The number of aliphatic carboxylic acids is 2. The Hall–Kier alpha value is -1.18. The van der Waals surface area contributed by atoms with Gasteiger partial charge in [-0.25, -0.2) is 0 Å². The number of aliphatic hydroxyl groups is 1. The summed E-state index contributed by atoms with van der Waals surface area (Å²) in [7, 11) is 0. The Morgan fingerprint density at radius 2 is 1.47 bits per heavy atom. The van der Waals surface area contributed by atoms with Crippen molar-refractivity contribution in [2.45, 2.75) is 45.8 Å². The van der Waals surface area contributed by atoms with Crippen LogP contribution in [0.25, 0.3) is 0 Å². The van der Waals surface area contributed by atoms with Crippen LogP contribution >= 0.6 is 0 Å². The fourth-order valence-corrected chi connectivity index (χ4v) is 0.899. The van der Waals surface area contributed by atoms with Gasteiger partial charge < -0.3 is 24.8 Å². The van der Waals surface area contributed by atoms with Crippen molar-refractivity contribution in [3.05, 3.63) is 0 Å². The Balaban J connectivity index is 0. The Kier molecular flexibility index (Phi) is 14.1. The molecule has 7 nitrogen and oxygen atoms in total. The molecule has 2 atom stereocenters. The van der Waals surface area contributed by atoms with Crippen molar-refractivity contribution in [3.8, 4) is 0 Å². The van der Waals surface area contributed by atoms with Gasteiger partial charge in [-0.15, -0.1) is 0 Å². The minimum atomic E-state index is -1.08. The van der Waals surface area contributed by atoms with Crippen LogP contribution in [0.4, 0.5) is 0 Å². The van der Waals surface area contributed by atoms with E-state index in [1.165, 1.54) is 0 Å². The molecule has 0 saturated carbocycles. The van der Waals surface area contributed by atoms with Gasteiger partial charge in [0.15, 0.2) is 0 Å². The predicted molar refractivity (Wildman–Crippen MR) is 68.1 cm³/mol. The lowest BCUT2D eigenvalue weighted by Gasteiger charge is -2.14. The molecule has 0 aliphatic heterocycles. The second kappa shape index (κ2) is 13.3. The van der Waals surface area contributed by atoms with Crippen LogP contribution < -0.4 is 0 Å². The zero-order valence-corrected chi connectivity index (χ0v) is 11.7. The summed E-state index contributed by atoms with van der Waals surface area (Å²) in [5.74, 6) is -2.15. The van der Waals surface area contributed by atoms with Gasteiger partial charge in [-0.1, -0.05) is 0 Å². The average Bonchev–Trinajstić information content (AvgIpc) is 2.34. The molecule has 3 N–H and O–H groups in total. The first-order valence-corrected chi connectivity index (χ1v) is 6.11. The highest BCUT2D eigenvalue weighted by Gasteiger charge is 2.04. The highest BCUT2D eigenvalue weighted by molar-refractivity contribution is 5.75. The maximum Gasteiger partial charge on any atom is 0.303 e. The summed E-state index contributed by atoms with van der Waals surface area (Å²) in [5.41, 5.74) is 0. The summed E-state index contributed by atoms with van der Waals surface area (Å²) in [5, 5.41) is 24.4. The van der Waals surface area contributed by atoms with Gasteiger partial charge in [-0.05, 0) is 20.8 Å². The molecule has 0 aliphatic rings. The Morgan fingerprint density at radius 1 is 1.00 bits per heavy atom. The molecule has 0 bridgehead atoms. The molecule has 0 spiro atoms. The van der Waals surface area contributed by atoms with Crippen LogP contribution in [0.3, 0.4) is 0 Å². The van der Waals surface area contributed by atoms with Gasteiger partial charge in [0.1, 0.15) is 0 Å². The summed E-state index contributed by atoms with van der Waals surface area (Å²) < 4.78 is 10.5. The fraction of sp³-hybridized carbons (Fsp3) is 0.833. The second-order valence-corrected chi connectivity index (χ2v) is 3.88. The molecule has 0 aromatic carbocycles. The van der Waals surface area contributed by atoms with Crippen LogP contribution in [0, 0.1) is 0 Å². The molecule has 0 fully saturated rings. The maximum absolute atomic E-state index is 9.64. The highest BCUT2D eigenvalue weighted by atomic mass is 16.5. The average molecular weight is 280 g/mol. The second-order valence-electron chi connectivity index (χ2n) is 3.88. The van der Waals surface area contributed by atoms with Crippen LogP contribution in [0.15, 0.2) is 0 Å². The summed E-state index contributed by atoms with van der Waals surface area (Å²) in [6.07, 6.45) is -0.558. The first-order chi connectivity index (χ1) is 8.83. The highest BCUT2D eigenvalue weighted by Crippen LogP contribution is 1.95. The van der Waals surface area contributed by atoms with E-state index in [0.717, 1.165) is 0 Å². The van der Waals surface area contributed by atoms with Crippen molar-refractivity contribution in [2.24, 2.45) is 0 Å². The Labute approximate surface area is 113 Å². The number of aliphatic hydroxyl groups excluding tert-OH is 1. The first kappa shape index (κ1) is 20.1. The van der Waals surface area contributed by atoms with Gasteiger partial charge in [-0.2, -0.15) is 0 Å². The quantitative estimate of drug-likeness (QED) is 0.571. The lowest BCUT2D eigenvalue weighted by molar-refractivity contribution is -0.143. The number of hydrogen-bond acceptors (Lipinski definition) is 5. The van der Waals surface area contributed by atoms with E-state index >= 15 is 0 Å². The van der Waals surface area contributed by atoms with Crippen LogP contribution in [-0.2, 0) is 19.1 Å². The summed E-state index contributed by atoms with van der Waals surface area (Å²) in [6.45, 7) is 7.06. The number of ether oxygens (including phenoxy) is 2. The summed E-state index contributed by atoms with van der Waals surface area (Å²) in [4.78, 5) is 19.3. The molecular weight excluding hydrogens is 256 g/mol. The molecule has 2 unspecified atom stereocenters. The number of rotatable bonds is 9. The standard InChI is InChI=1S/C8H18O3.C4H6O4/c1-4-10-8(3)6-11-7(2)5-9;5-3(6)1-2-4(7)8/h7-9H,4-6H2,1-3H3;1-2H2,(H,5,6)(H,7,8). The van der Waals surface area contributed by atoms with Crippen LogP contribution in [0.5, 0.6) is 0 Å². The Morgan fingerprint density at radius 3 is 1.79 bits per heavy atom. The van der Waals surface area contributed by atoms with Crippen LogP contribution in [-0.4, -0.2) is 59.3 Å². The largest absolute Gasteiger partial charge is 0.481 e. The molecule has 19 heavy (non-hydrogen) atoms. The van der Waals surface area contributed by atoms with Crippen LogP contribution in [0.2, 0.25) is 0 Å². The van der Waals surface area contributed by atoms with E-state index in [4.69, 9.17) is 24.8 Å². The molecule has 0 saturated heterocycles. The van der Waals surface area contributed by atoms with Gasteiger partial charge in [0.25, 0.3) is 0 Å². The normalized spacial score (nSPS) is 13.1.